The monoisotopic (exact) mass is 307 g/mol. The van der Waals surface area contributed by atoms with E-state index in [4.69, 9.17) is 4.63 Å². The number of rotatable bonds is 3. The van der Waals surface area contributed by atoms with Crippen molar-refractivity contribution >= 4 is 11.7 Å². The number of carbonyl (C=O) groups excluding carboxylic acids is 1. The van der Waals surface area contributed by atoms with Crippen LogP contribution in [0.4, 0.5) is 5.82 Å². The molecule has 0 saturated carbocycles. The smallest absolute Gasteiger partial charge is 0.256 e. The highest BCUT2D eigenvalue weighted by atomic mass is 16.6. The van der Waals surface area contributed by atoms with Gasteiger partial charge in [-0.05, 0) is 60.4 Å². The van der Waals surface area contributed by atoms with Crippen molar-refractivity contribution in [1.29, 1.82) is 0 Å². The van der Waals surface area contributed by atoms with Crippen LogP contribution in [0.3, 0.4) is 0 Å². The Morgan fingerprint density at radius 1 is 0.957 bits per heavy atom. The van der Waals surface area contributed by atoms with Gasteiger partial charge in [-0.25, -0.2) is 4.63 Å². The van der Waals surface area contributed by atoms with Crippen LogP contribution in [0.5, 0.6) is 0 Å². The molecule has 5 nitrogen and oxygen atoms in total. The predicted octanol–water partition coefficient (Wildman–Crippen LogP) is 3.91. The van der Waals surface area contributed by atoms with E-state index in [9.17, 15) is 4.79 Å². The predicted molar refractivity (Wildman–Crippen MR) is 88.3 cm³/mol. The van der Waals surface area contributed by atoms with Gasteiger partial charge in [0.15, 0.2) is 5.69 Å². The third-order valence-electron chi connectivity index (χ3n) is 3.81. The molecule has 0 unspecified atom stereocenters. The van der Waals surface area contributed by atoms with Gasteiger partial charge in [0.1, 0.15) is 0 Å². The van der Waals surface area contributed by atoms with Crippen molar-refractivity contribution in [2.75, 3.05) is 5.32 Å². The van der Waals surface area contributed by atoms with Crippen molar-refractivity contribution in [1.82, 2.24) is 10.3 Å². The molecule has 0 spiro atoms. The first-order valence-corrected chi connectivity index (χ1v) is 7.33. The largest absolute Gasteiger partial charge is 0.302 e. The lowest BCUT2D eigenvalue weighted by atomic mass is 10.0. The minimum absolute atomic E-state index is 0.245. The van der Waals surface area contributed by atoms with Gasteiger partial charge in [-0.3, -0.25) is 4.79 Å². The Morgan fingerprint density at radius 2 is 1.70 bits per heavy atom. The van der Waals surface area contributed by atoms with Gasteiger partial charge in [-0.1, -0.05) is 29.8 Å². The van der Waals surface area contributed by atoms with E-state index in [1.807, 2.05) is 51.1 Å². The first kappa shape index (κ1) is 15.0. The molecule has 0 radical (unpaired) electrons. The van der Waals surface area contributed by atoms with Crippen LogP contribution in [0.15, 0.2) is 47.1 Å². The lowest BCUT2D eigenvalue weighted by Gasteiger charge is -2.05. The lowest BCUT2D eigenvalue weighted by Crippen LogP contribution is -2.12. The molecule has 0 aliphatic heterocycles. The minimum atomic E-state index is -0.245. The number of amides is 1. The summed E-state index contributed by atoms with van der Waals surface area (Å²) < 4.78 is 4.81. The zero-order valence-electron chi connectivity index (χ0n) is 13.3. The Hall–Kier alpha value is -2.95. The van der Waals surface area contributed by atoms with Gasteiger partial charge in [-0.2, -0.15) is 0 Å². The molecule has 3 rings (SSSR count). The van der Waals surface area contributed by atoms with Gasteiger partial charge in [0.05, 0.1) is 0 Å². The highest BCUT2D eigenvalue weighted by molar-refractivity contribution is 6.05. The summed E-state index contributed by atoms with van der Waals surface area (Å²) in [5.41, 5.74) is 5.36. The van der Waals surface area contributed by atoms with Crippen molar-refractivity contribution in [2.24, 2.45) is 0 Å². The third-order valence-corrected chi connectivity index (χ3v) is 3.81. The standard InChI is InChI=1S/C18H17N3O2/c1-11-4-7-14(8-5-11)18(22)19-17-16(20-23-21-17)15-9-6-12(2)13(3)10-15/h4-10H,1-3H3,(H,19,21,22). The summed E-state index contributed by atoms with van der Waals surface area (Å²) in [4.78, 5) is 12.3. The zero-order chi connectivity index (χ0) is 16.4. The van der Waals surface area contributed by atoms with E-state index in [2.05, 4.69) is 15.6 Å². The van der Waals surface area contributed by atoms with Gasteiger partial charge < -0.3 is 5.32 Å². The average Bonchev–Trinajstić information content (AvgIpc) is 2.99. The van der Waals surface area contributed by atoms with Crippen LogP contribution in [0.1, 0.15) is 27.0 Å². The van der Waals surface area contributed by atoms with E-state index < -0.39 is 0 Å². The van der Waals surface area contributed by atoms with E-state index in [1.54, 1.807) is 12.1 Å². The van der Waals surface area contributed by atoms with E-state index in [1.165, 1.54) is 5.56 Å². The molecule has 1 N–H and O–H groups in total. The fraction of sp³-hybridized carbons (Fsp3) is 0.167. The highest BCUT2D eigenvalue weighted by Crippen LogP contribution is 2.26. The molecule has 1 aromatic heterocycles. The van der Waals surface area contributed by atoms with Crippen molar-refractivity contribution in [3.05, 3.63) is 64.7 Å². The Balaban J connectivity index is 1.87. The molecule has 5 heteroatoms. The molecule has 0 bridgehead atoms. The highest BCUT2D eigenvalue weighted by Gasteiger charge is 2.16. The average molecular weight is 307 g/mol. The van der Waals surface area contributed by atoms with Crippen LogP contribution in [0, 0.1) is 20.8 Å². The number of hydrogen-bond donors (Lipinski definition) is 1. The maximum absolute atomic E-state index is 12.3. The Kier molecular flexibility index (Phi) is 3.93. The number of aromatic nitrogens is 2. The second-order valence-electron chi connectivity index (χ2n) is 5.58. The summed E-state index contributed by atoms with van der Waals surface area (Å²) in [6.45, 7) is 6.04. The quantitative estimate of drug-likeness (QED) is 0.796. The molecule has 23 heavy (non-hydrogen) atoms. The molecule has 3 aromatic rings. The number of nitrogens with one attached hydrogen (secondary N) is 1. The summed E-state index contributed by atoms with van der Waals surface area (Å²) in [5, 5.41) is 10.5. The van der Waals surface area contributed by atoms with Gasteiger partial charge in [-0.15, -0.1) is 0 Å². The van der Waals surface area contributed by atoms with Crippen molar-refractivity contribution in [3.63, 3.8) is 0 Å². The molecule has 0 fully saturated rings. The number of nitrogens with zero attached hydrogens (tertiary/aromatic N) is 2. The fourth-order valence-electron chi connectivity index (χ4n) is 2.23. The van der Waals surface area contributed by atoms with Crippen molar-refractivity contribution in [3.8, 4) is 11.3 Å². The number of anilines is 1. The van der Waals surface area contributed by atoms with Gasteiger partial charge in [0.2, 0.25) is 5.82 Å². The Labute approximate surface area is 134 Å². The fourth-order valence-corrected chi connectivity index (χ4v) is 2.23. The molecular weight excluding hydrogens is 290 g/mol. The molecule has 2 aromatic carbocycles. The summed E-state index contributed by atoms with van der Waals surface area (Å²) in [7, 11) is 0. The summed E-state index contributed by atoms with van der Waals surface area (Å²) in [5.74, 6) is 0.0737. The van der Waals surface area contributed by atoms with Gasteiger partial charge in [0, 0.05) is 11.1 Å². The van der Waals surface area contributed by atoms with E-state index in [0.29, 0.717) is 17.1 Å². The first-order valence-electron chi connectivity index (χ1n) is 7.33. The Bertz CT molecular complexity index is 851. The molecule has 0 saturated heterocycles. The number of carbonyl (C=O) groups is 1. The normalized spacial score (nSPS) is 10.6. The first-order chi connectivity index (χ1) is 11.0. The maximum Gasteiger partial charge on any atom is 0.256 e. The summed E-state index contributed by atoms with van der Waals surface area (Å²) >= 11 is 0. The number of hydrogen-bond acceptors (Lipinski definition) is 4. The third kappa shape index (κ3) is 3.13. The van der Waals surface area contributed by atoms with Crippen LogP contribution in [0.2, 0.25) is 0 Å². The summed E-state index contributed by atoms with van der Waals surface area (Å²) in [6.07, 6.45) is 0. The van der Waals surface area contributed by atoms with E-state index in [-0.39, 0.29) is 5.91 Å². The van der Waals surface area contributed by atoms with E-state index >= 15 is 0 Å². The van der Waals surface area contributed by atoms with Crippen LogP contribution in [-0.4, -0.2) is 16.2 Å². The topological polar surface area (TPSA) is 68.0 Å². The second kappa shape index (κ2) is 6.04. The molecule has 1 heterocycles. The molecule has 116 valence electrons. The van der Waals surface area contributed by atoms with Crippen LogP contribution < -0.4 is 5.32 Å². The van der Waals surface area contributed by atoms with Crippen molar-refractivity contribution in [2.45, 2.75) is 20.8 Å². The molecule has 1 amide bonds. The lowest BCUT2D eigenvalue weighted by molar-refractivity contribution is 0.102. The maximum atomic E-state index is 12.3. The van der Waals surface area contributed by atoms with Gasteiger partial charge >= 0.3 is 0 Å². The van der Waals surface area contributed by atoms with Gasteiger partial charge in [0.25, 0.3) is 5.91 Å². The molecule has 0 atom stereocenters. The van der Waals surface area contributed by atoms with Crippen molar-refractivity contribution < 1.29 is 9.42 Å². The van der Waals surface area contributed by atoms with Crippen LogP contribution in [0.25, 0.3) is 11.3 Å². The SMILES string of the molecule is Cc1ccc(C(=O)Nc2nonc2-c2ccc(C)c(C)c2)cc1. The Morgan fingerprint density at radius 3 is 2.39 bits per heavy atom. The van der Waals surface area contributed by atoms with E-state index in [0.717, 1.165) is 16.7 Å². The van der Waals surface area contributed by atoms with Crippen LogP contribution in [-0.2, 0) is 0 Å². The number of aryl methyl sites for hydroxylation is 3. The molecule has 0 aliphatic carbocycles. The molecule has 0 aliphatic rings. The second-order valence-corrected chi connectivity index (χ2v) is 5.58. The number of benzene rings is 2. The molecular formula is C18H17N3O2. The van der Waals surface area contributed by atoms with Crippen LogP contribution >= 0.6 is 0 Å². The summed E-state index contributed by atoms with van der Waals surface area (Å²) in [6, 6.07) is 13.3. The zero-order valence-corrected chi connectivity index (χ0v) is 13.3. The minimum Gasteiger partial charge on any atom is -0.302 e.